The van der Waals surface area contributed by atoms with Gasteiger partial charge in [0.2, 0.25) is 29.5 Å². The highest BCUT2D eigenvalue weighted by atomic mass is 16.4. The smallest absolute Gasteiger partial charge is 0.326 e. The Morgan fingerprint density at radius 1 is 0.673 bits per heavy atom. The Kier molecular flexibility index (Phi) is 18.6. The van der Waals surface area contributed by atoms with Gasteiger partial charge in [0, 0.05) is 12.8 Å². The van der Waals surface area contributed by atoms with Crippen molar-refractivity contribution in [3.8, 4) is 0 Å². The van der Waals surface area contributed by atoms with E-state index in [1.807, 2.05) is 20.8 Å². The molecule has 1 aromatic rings. The topological polar surface area (TPSA) is 246 Å². The zero-order valence-corrected chi connectivity index (χ0v) is 29.3. The van der Waals surface area contributed by atoms with Crippen LogP contribution in [-0.4, -0.2) is 88.4 Å². The van der Waals surface area contributed by atoms with E-state index in [4.69, 9.17) is 10.8 Å². The quantitative estimate of drug-likeness (QED) is 0.0846. The van der Waals surface area contributed by atoms with E-state index in [-0.39, 0.29) is 18.8 Å². The van der Waals surface area contributed by atoms with Crippen molar-refractivity contribution in [3.63, 3.8) is 0 Å². The van der Waals surface area contributed by atoms with Gasteiger partial charge in [-0.05, 0) is 29.7 Å². The van der Waals surface area contributed by atoms with Gasteiger partial charge in [0.15, 0.2) is 0 Å². The van der Waals surface area contributed by atoms with Gasteiger partial charge in [0.25, 0.3) is 0 Å². The number of nitrogens with one attached hydrogen (secondary N) is 5. The van der Waals surface area contributed by atoms with E-state index in [1.165, 1.54) is 0 Å². The molecule has 8 atom stereocenters. The fraction of sp³-hybridized carbons (Fsp3) is 0.618. The second kappa shape index (κ2) is 21.4. The van der Waals surface area contributed by atoms with Gasteiger partial charge in [0.1, 0.15) is 24.2 Å². The minimum atomic E-state index is -1.49. The summed E-state index contributed by atoms with van der Waals surface area (Å²) in [6, 6.07) is 3.10. The molecule has 5 amide bonds. The summed E-state index contributed by atoms with van der Waals surface area (Å²) in [6.07, 6.45) is 0.773. The van der Waals surface area contributed by atoms with Crippen LogP contribution < -0.4 is 32.3 Å². The molecule has 0 fully saturated rings. The summed E-state index contributed by atoms with van der Waals surface area (Å²) >= 11 is 0. The number of benzene rings is 1. The van der Waals surface area contributed by atoms with Gasteiger partial charge >= 0.3 is 11.9 Å². The van der Waals surface area contributed by atoms with Crippen molar-refractivity contribution < 1.29 is 43.8 Å². The molecular weight excluding hydrogens is 636 g/mol. The molecule has 0 aliphatic rings. The van der Waals surface area contributed by atoms with Crippen LogP contribution in [0.15, 0.2) is 30.3 Å². The summed E-state index contributed by atoms with van der Waals surface area (Å²) in [6.45, 7) is 10.3. The van der Waals surface area contributed by atoms with E-state index in [1.54, 1.807) is 51.1 Å². The van der Waals surface area contributed by atoms with Gasteiger partial charge < -0.3 is 42.5 Å². The van der Waals surface area contributed by atoms with Crippen molar-refractivity contribution >= 4 is 41.5 Å². The lowest BCUT2D eigenvalue weighted by Crippen LogP contribution is -2.61. The average molecular weight is 691 g/mol. The predicted octanol–water partition coefficient (Wildman–Crippen LogP) is 0.700. The molecule has 1 aromatic carbocycles. The van der Waals surface area contributed by atoms with Gasteiger partial charge in [-0.15, -0.1) is 0 Å². The number of rotatable bonds is 22. The second-order valence-electron chi connectivity index (χ2n) is 12.5. The molecule has 49 heavy (non-hydrogen) atoms. The van der Waals surface area contributed by atoms with E-state index >= 15 is 0 Å². The Balaban J connectivity index is 3.22. The summed E-state index contributed by atoms with van der Waals surface area (Å²) in [7, 11) is 0. The van der Waals surface area contributed by atoms with Crippen molar-refractivity contribution in [2.45, 2.75) is 110 Å². The van der Waals surface area contributed by atoms with Crippen molar-refractivity contribution in [2.24, 2.45) is 23.5 Å². The first kappa shape index (κ1) is 42.5. The number of aliphatic carboxylic acids is 2. The molecule has 0 unspecified atom stereocenters. The van der Waals surface area contributed by atoms with E-state index in [2.05, 4.69) is 26.6 Å². The normalized spacial score (nSPS) is 15.9. The van der Waals surface area contributed by atoms with Crippen LogP contribution in [0.5, 0.6) is 0 Å². The van der Waals surface area contributed by atoms with Crippen molar-refractivity contribution in [2.75, 3.05) is 6.54 Å². The van der Waals surface area contributed by atoms with Crippen LogP contribution in [-0.2, 0) is 40.0 Å². The standard InChI is InChI=1S/C34H54N6O9/c1-7-19(4)27(35)31(45)36-18-25(41)37-24(17-22-13-11-10-12-14-22)30(44)39-29(21(6)9-3)33(47)40-28(20(5)8-2)32(46)38-23(34(48)49)15-16-26(42)43/h10-14,19-21,23-24,27-29H,7-9,15-18,35H2,1-6H3,(H,36,45)(H,37,41)(H,38,46)(H,39,44)(H,40,47)(H,42,43)(H,48,49)/t19-,20-,21-,23-,24-,27-,28-,29-/m0/s1. The zero-order chi connectivity index (χ0) is 37.3. The van der Waals surface area contributed by atoms with Crippen LogP contribution in [0, 0.1) is 17.8 Å². The van der Waals surface area contributed by atoms with Crippen molar-refractivity contribution in [1.29, 1.82) is 0 Å². The molecule has 15 heteroatoms. The molecule has 15 nitrogen and oxygen atoms in total. The number of hydrogen-bond donors (Lipinski definition) is 8. The molecule has 1 rings (SSSR count). The van der Waals surface area contributed by atoms with Crippen LogP contribution in [0.1, 0.15) is 79.2 Å². The molecule has 0 aliphatic carbocycles. The molecule has 0 spiro atoms. The van der Waals surface area contributed by atoms with Crippen LogP contribution in [0.4, 0.5) is 0 Å². The van der Waals surface area contributed by atoms with Crippen molar-refractivity contribution in [3.05, 3.63) is 35.9 Å². The zero-order valence-electron chi connectivity index (χ0n) is 29.3. The molecule has 9 N–H and O–H groups in total. The molecule has 0 bridgehead atoms. The van der Waals surface area contributed by atoms with E-state index in [9.17, 15) is 38.7 Å². The lowest BCUT2D eigenvalue weighted by molar-refractivity contribution is -0.143. The summed E-state index contributed by atoms with van der Waals surface area (Å²) in [5.74, 6) is -6.96. The van der Waals surface area contributed by atoms with Gasteiger partial charge in [0.05, 0.1) is 12.6 Å². The third kappa shape index (κ3) is 14.6. The van der Waals surface area contributed by atoms with Gasteiger partial charge in [-0.2, -0.15) is 0 Å². The first-order chi connectivity index (χ1) is 23.1. The number of carboxylic acids is 2. The van der Waals surface area contributed by atoms with E-state index in [0.29, 0.717) is 19.3 Å². The molecule has 274 valence electrons. The highest BCUT2D eigenvalue weighted by molar-refractivity contribution is 5.96. The first-order valence-corrected chi connectivity index (χ1v) is 16.8. The van der Waals surface area contributed by atoms with Crippen LogP contribution in [0.25, 0.3) is 0 Å². The number of hydrogen-bond acceptors (Lipinski definition) is 8. The second-order valence-corrected chi connectivity index (χ2v) is 12.5. The Morgan fingerprint density at radius 3 is 1.67 bits per heavy atom. The lowest BCUT2D eigenvalue weighted by Gasteiger charge is -2.30. The summed E-state index contributed by atoms with van der Waals surface area (Å²) < 4.78 is 0. The Labute approximate surface area is 287 Å². The van der Waals surface area contributed by atoms with Crippen molar-refractivity contribution in [1.82, 2.24) is 26.6 Å². The van der Waals surface area contributed by atoms with E-state index < -0.39 is 96.5 Å². The van der Waals surface area contributed by atoms with Crippen LogP contribution >= 0.6 is 0 Å². The number of nitrogens with two attached hydrogens (primary N) is 1. The summed E-state index contributed by atoms with van der Waals surface area (Å²) in [5.41, 5.74) is 6.68. The monoisotopic (exact) mass is 690 g/mol. The highest BCUT2D eigenvalue weighted by Gasteiger charge is 2.35. The van der Waals surface area contributed by atoms with Gasteiger partial charge in [-0.25, -0.2) is 4.79 Å². The van der Waals surface area contributed by atoms with Crippen LogP contribution in [0.3, 0.4) is 0 Å². The van der Waals surface area contributed by atoms with Crippen LogP contribution in [0.2, 0.25) is 0 Å². The molecule has 0 radical (unpaired) electrons. The largest absolute Gasteiger partial charge is 0.481 e. The first-order valence-electron chi connectivity index (χ1n) is 16.8. The fourth-order valence-electron chi connectivity index (χ4n) is 4.79. The molecule has 0 aromatic heterocycles. The molecule has 0 saturated carbocycles. The lowest BCUT2D eigenvalue weighted by atomic mass is 9.94. The Morgan fingerprint density at radius 2 is 1.18 bits per heavy atom. The maximum Gasteiger partial charge on any atom is 0.326 e. The predicted molar refractivity (Wildman–Crippen MR) is 182 cm³/mol. The van der Waals surface area contributed by atoms with Gasteiger partial charge in [-0.1, -0.05) is 91.1 Å². The number of carboxylic acid groups (broad SMARTS) is 2. The van der Waals surface area contributed by atoms with Gasteiger partial charge in [-0.3, -0.25) is 28.8 Å². The highest BCUT2D eigenvalue weighted by Crippen LogP contribution is 2.14. The minimum absolute atomic E-state index is 0.0679. The Bertz CT molecular complexity index is 1280. The molecule has 0 heterocycles. The third-order valence-electron chi connectivity index (χ3n) is 8.77. The Hall–Kier alpha value is -4.53. The molecule has 0 aliphatic heterocycles. The maximum atomic E-state index is 13.7. The fourth-order valence-corrected chi connectivity index (χ4v) is 4.79. The molecule has 0 saturated heterocycles. The maximum absolute atomic E-state index is 13.7. The number of amides is 5. The minimum Gasteiger partial charge on any atom is -0.481 e. The van der Waals surface area contributed by atoms with E-state index in [0.717, 1.165) is 5.56 Å². The third-order valence-corrected chi connectivity index (χ3v) is 8.77. The molecular formula is C34H54N6O9. The number of carbonyl (C=O) groups is 7. The SMILES string of the molecule is CC[C@H](C)[C@H](N)C(=O)NCC(=O)N[C@@H](Cc1ccccc1)C(=O)N[C@H](C(=O)N[C@H](C(=O)N[C@@H](CCC(=O)O)C(=O)O)[C@@H](C)CC)[C@@H](C)CC. The summed E-state index contributed by atoms with van der Waals surface area (Å²) in [5, 5.41) is 31.4. The average Bonchev–Trinajstić information content (AvgIpc) is 3.08. The summed E-state index contributed by atoms with van der Waals surface area (Å²) in [4.78, 5) is 88.8. The number of carbonyl (C=O) groups excluding carboxylic acids is 5.